The molecule has 0 saturated carbocycles. The fourth-order valence-corrected chi connectivity index (χ4v) is 4.94. The Bertz CT molecular complexity index is 1300. The van der Waals surface area contributed by atoms with E-state index < -0.39 is 0 Å². The second kappa shape index (κ2) is 10.7. The van der Waals surface area contributed by atoms with E-state index in [2.05, 4.69) is 32.7 Å². The van der Waals surface area contributed by atoms with E-state index in [1.165, 1.54) is 0 Å². The third-order valence-corrected chi connectivity index (χ3v) is 7.09. The van der Waals surface area contributed by atoms with Crippen LogP contribution in [0.3, 0.4) is 0 Å². The highest BCUT2D eigenvalue weighted by Crippen LogP contribution is 2.41. The number of pyridine rings is 1. The van der Waals surface area contributed by atoms with Crippen LogP contribution >= 0.6 is 35.4 Å². The standard InChI is InChI=1S/C27H24Cl2N4OS/c28-20-11-10-18(17-21(20)29)23-12-13-24(34-23)26-25(22-9-4-5-14-31-22)32-27(35)33(26)16-6-15-30-19-7-2-1-3-8-19/h1-5,7-14,17,25-26,30H,6,15-16H2,(H,32,35)/t25-,26+/m1/s1. The molecule has 8 heteroatoms. The molecule has 178 valence electrons. The Hall–Kier alpha value is -3.06. The number of benzene rings is 2. The van der Waals surface area contributed by atoms with Crippen molar-refractivity contribution in [3.05, 3.63) is 107 Å². The van der Waals surface area contributed by atoms with Crippen LogP contribution in [0.5, 0.6) is 0 Å². The molecule has 1 aliphatic heterocycles. The molecule has 0 spiro atoms. The van der Waals surface area contributed by atoms with E-state index in [9.17, 15) is 0 Å². The number of hydrogen-bond acceptors (Lipinski definition) is 4. The Kier molecular flexibility index (Phi) is 7.23. The first kappa shape index (κ1) is 23.7. The minimum atomic E-state index is -0.134. The van der Waals surface area contributed by atoms with Gasteiger partial charge in [-0.05, 0) is 73.2 Å². The number of nitrogens with zero attached hydrogens (tertiary/aromatic N) is 2. The Balaban J connectivity index is 1.39. The lowest BCUT2D eigenvalue weighted by Crippen LogP contribution is -2.31. The van der Waals surface area contributed by atoms with Crippen LogP contribution in [0.15, 0.2) is 89.5 Å². The summed E-state index contributed by atoms with van der Waals surface area (Å²) in [4.78, 5) is 6.79. The average molecular weight is 523 g/mol. The van der Waals surface area contributed by atoms with E-state index in [1.54, 1.807) is 12.3 Å². The maximum Gasteiger partial charge on any atom is 0.170 e. The molecule has 4 aromatic rings. The molecule has 2 aromatic heterocycles. The van der Waals surface area contributed by atoms with E-state index in [1.807, 2.05) is 60.7 Å². The number of para-hydroxylation sites is 1. The van der Waals surface area contributed by atoms with Crippen LogP contribution in [-0.4, -0.2) is 28.1 Å². The fraction of sp³-hybridized carbons (Fsp3) is 0.185. The molecule has 2 aromatic carbocycles. The van der Waals surface area contributed by atoms with Crippen molar-refractivity contribution in [3.8, 4) is 11.3 Å². The Morgan fingerprint density at radius 2 is 1.80 bits per heavy atom. The van der Waals surface area contributed by atoms with Gasteiger partial charge in [0.2, 0.25) is 0 Å². The lowest BCUT2D eigenvalue weighted by atomic mass is 10.0. The molecule has 3 heterocycles. The molecule has 1 fully saturated rings. The molecule has 2 N–H and O–H groups in total. The first-order valence-corrected chi connectivity index (χ1v) is 12.6. The zero-order valence-corrected chi connectivity index (χ0v) is 21.2. The number of furan rings is 1. The van der Waals surface area contributed by atoms with Gasteiger partial charge in [0.25, 0.3) is 0 Å². The van der Waals surface area contributed by atoms with Gasteiger partial charge in [-0.2, -0.15) is 0 Å². The minimum absolute atomic E-state index is 0.126. The largest absolute Gasteiger partial charge is 0.459 e. The van der Waals surface area contributed by atoms with Gasteiger partial charge in [0, 0.05) is 30.5 Å². The van der Waals surface area contributed by atoms with E-state index >= 15 is 0 Å². The number of halogens is 2. The van der Waals surface area contributed by atoms with Gasteiger partial charge in [-0.25, -0.2) is 0 Å². The Morgan fingerprint density at radius 3 is 2.57 bits per heavy atom. The fourth-order valence-electron chi connectivity index (χ4n) is 4.31. The summed E-state index contributed by atoms with van der Waals surface area (Å²) in [7, 11) is 0. The molecule has 5 nitrogen and oxygen atoms in total. The summed E-state index contributed by atoms with van der Waals surface area (Å²) in [6.45, 7) is 1.60. The summed E-state index contributed by atoms with van der Waals surface area (Å²) in [6.07, 6.45) is 2.70. The Labute approximate surface area is 220 Å². The van der Waals surface area contributed by atoms with Crippen molar-refractivity contribution in [2.75, 3.05) is 18.4 Å². The summed E-state index contributed by atoms with van der Waals surface area (Å²) < 4.78 is 6.37. The third-order valence-electron chi connectivity index (χ3n) is 6.00. The molecule has 35 heavy (non-hydrogen) atoms. The minimum Gasteiger partial charge on any atom is -0.459 e. The van der Waals surface area contributed by atoms with Crippen LogP contribution in [0.25, 0.3) is 11.3 Å². The van der Waals surface area contributed by atoms with Crippen molar-refractivity contribution in [1.29, 1.82) is 0 Å². The lowest BCUT2D eigenvalue weighted by Gasteiger charge is -2.26. The highest BCUT2D eigenvalue weighted by molar-refractivity contribution is 7.80. The SMILES string of the molecule is S=C1N[C@H](c2ccccn2)[C@H](c2ccc(-c3ccc(Cl)c(Cl)c3)o2)N1CCCNc1ccccc1. The molecule has 1 aliphatic rings. The predicted octanol–water partition coefficient (Wildman–Crippen LogP) is 7.12. The van der Waals surface area contributed by atoms with Crippen LogP contribution < -0.4 is 10.6 Å². The summed E-state index contributed by atoms with van der Waals surface area (Å²) in [5.41, 5.74) is 2.89. The van der Waals surface area contributed by atoms with Crippen LogP contribution in [0, 0.1) is 0 Å². The molecular formula is C27H24Cl2N4OS. The van der Waals surface area contributed by atoms with Gasteiger partial charge in [0.05, 0.1) is 21.8 Å². The van der Waals surface area contributed by atoms with Gasteiger partial charge in [0.15, 0.2) is 5.11 Å². The van der Waals surface area contributed by atoms with Gasteiger partial charge < -0.3 is 20.0 Å². The maximum atomic E-state index is 6.37. The van der Waals surface area contributed by atoms with E-state index in [4.69, 9.17) is 39.8 Å². The number of anilines is 1. The maximum absolute atomic E-state index is 6.37. The highest BCUT2D eigenvalue weighted by atomic mass is 35.5. The van der Waals surface area contributed by atoms with Crippen molar-refractivity contribution in [1.82, 2.24) is 15.2 Å². The first-order valence-electron chi connectivity index (χ1n) is 11.4. The van der Waals surface area contributed by atoms with Crippen molar-refractivity contribution in [3.63, 3.8) is 0 Å². The number of hydrogen-bond donors (Lipinski definition) is 2. The Morgan fingerprint density at radius 1 is 0.971 bits per heavy atom. The molecule has 0 bridgehead atoms. The van der Waals surface area contributed by atoms with Crippen molar-refractivity contribution >= 4 is 46.2 Å². The quantitative estimate of drug-likeness (QED) is 0.189. The number of nitrogens with one attached hydrogen (secondary N) is 2. The van der Waals surface area contributed by atoms with Crippen LogP contribution in [0.4, 0.5) is 5.69 Å². The summed E-state index contributed by atoms with van der Waals surface area (Å²) in [6, 6.07) is 25.3. The predicted molar refractivity (Wildman–Crippen MR) is 146 cm³/mol. The van der Waals surface area contributed by atoms with E-state index in [0.29, 0.717) is 15.2 Å². The molecular weight excluding hydrogens is 499 g/mol. The lowest BCUT2D eigenvalue weighted by molar-refractivity contribution is 0.274. The second-order valence-electron chi connectivity index (χ2n) is 8.30. The smallest absolute Gasteiger partial charge is 0.170 e. The van der Waals surface area contributed by atoms with Gasteiger partial charge in [-0.3, -0.25) is 4.98 Å². The van der Waals surface area contributed by atoms with Crippen LogP contribution in [-0.2, 0) is 0 Å². The van der Waals surface area contributed by atoms with E-state index in [0.717, 1.165) is 48.0 Å². The number of thiocarbonyl (C=S) groups is 1. The number of aromatic nitrogens is 1. The molecule has 5 rings (SSSR count). The second-order valence-corrected chi connectivity index (χ2v) is 9.50. The summed E-state index contributed by atoms with van der Waals surface area (Å²) in [5, 5.41) is 8.63. The zero-order chi connectivity index (χ0) is 24.2. The third kappa shape index (κ3) is 5.30. The molecule has 0 radical (unpaired) electrons. The highest BCUT2D eigenvalue weighted by Gasteiger charge is 2.41. The van der Waals surface area contributed by atoms with Gasteiger partial charge in [-0.15, -0.1) is 0 Å². The van der Waals surface area contributed by atoms with Crippen LogP contribution in [0.2, 0.25) is 10.0 Å². The molecule has 0 amide bonds. The van der Waals surface area contributed by atoms with Crippen LogP contribution in [0.1, 0.15) is 30.0 Å². The monoisotopic (exact) mass is 522 g/mol. The first-order chi connectivity index (χ1) is 17.1. The molecule has 0 unspecified atom stereocenters. The molecule has 0 aliphatic carbocycles. The topological polar surface area (TPSA) is 53.3 Å². The number of rotatable bonds is 8. The van der Waals surface area contributed by atoms with Gasteiger partial charge in [-0.1, -0.05) is 47.5 Å². The summed E-state index contributed by atoms with van der Waals surface area (Å²) >= 11 is 18.1. The van der Waals surface area contributed by atoms with Gasteiger partial charge >= 0.3 is 0 Å². The van der Waals surface area contributed by atoms with E-state index in [-0.39, 0.29) is 12.1 Å². The average Bonchev–Trinajstić information content (AvgIpc) is 3.49. The summed E-state index contributed by atoms with van der Waals surface area (Å²) in [5.74, 6) is 1.53. The molecule has 1 saturated heterocycles. The van der Waals surface area contributed by atoms with Gasteiger partial charge in [0.1, 0.15) is 17.6 Å². The van der Waals surface area contributed by atoms with Crippen molar-refractivity contribution in [2.45, 2.75) is 18.5 Å². The zero-order valence-electron chi connectivity index (χ0n) is 18.8. The van der Waals surface area contributed by atoms with Crippen molar-refractivity contribution in [2.24, 2.45) is 0 Å². The normalized spacial score (nSPS) is 17.4. The van der Waals surface area contributed by atoms with Crippen molar-refractivity contribution < 1.29 is 4.42 Å². The molecule has 2 atom stereocenters.